The third-order valence-corrected chi connectivity index (χ3v) is 6.13. The molecule has 15 heavy (non-hydrogen) atoms. The monoisotopic (exact) mass is 246 g/mol. The van der Waals surface area contributed by atoms with Crippen LogP contribution in [0.1, 0.15) is 33.1 Å². The molecule has 3 atom stereocenters. The highest BCUT2D eigenvalue weighted by Gasteiger charge is 2.30. The summed E-state index contributed by atoms with van der Waals surface area (Å²) >= 11 is 3.99. The largest absolute Gasteiger partial charge is 0.392 e. The van der Waals surface area contributed by atoms with Crippen LogP contribution in [0.15, 0.2) is 12.2 Å². The van der Waals surface area contributed by atoms with Crippen LogP contribution in [0.4, 0.5) is 0 Å². The highest BCUT2D eigenvalue weighted by Crippen LogP contribution is 2.36. The van der Waals surface area contributed by atoms with Crippen LogP contribution in [0.2, 0.25) is 0 Å². The Morgan fingerprint density at radius 1 is 1.47 bits per heavy atom. The van der Waals surface area contributed by atoms with Crippen LogP contribution in [-0.2, 0) is 0 Å². The van der Waals surface area contributed by atoms with Crippen molar-refractivity contribution in [2.24, 2.45) is 0 Å². The molecular weight excluding hydrogens is 224 g/mol. The number of aliphatic hydroxyl groups excluding tert-OH is 1. The van der Waals surface area contributed by atoms with E-state index in [0.717, 1.165) is 12.8 Å². The molecule has 1 heterocycles. The molecular formula is C12H22OS2. The molecule has 1 N–H and O–H groups in total. The molecule has 1 saturated heterocycles. The van der Waals surface area contributed by atoms with Crippen LogP contribution in [-0.4, -0.2) is 33.2 Å². The molecule has 0 bridgehead atoms. The fraction of sp³-hybridized carbons (Fsp3) is 0.833. The lowest BCUT2D eigenvalue weighted by atomic mass is 10.0. The number of allylic oxidation sites excluding steroid dienone is 1. The second kappa shape index (κ2) is 6.87. The van der Waals surface area contributed by atoms with Crippen molar-refractivity contribution >= 4 is 23.5 Å². The first-order valence-electron chi connectivity index (χ1n) is 5.70. The fourth-order valence-electron chi connectivity index (χ4n) is 1.85. The molecule has 1 aliphatic heterocycles. The molecule has 1 rings (SSSR count). The standard InChI is InChI=1S/C12H22OS2/c1-4-11-12(15-8-7-14-11)10(13)6-5-9(2)3/h10-13H,2,4-8H2,1,3H3. The number of thioether (sulfide) groups is 2. The van der Waals surface area contributed by atoms with Crippen molar-refractivity contribution in [1.82, 2.24) is 0 Å². The van der Waals surface area contributed by atoms with Gasteiger partial charge in [-0.3, -0.25) is 0 Å². The summed E-state index contributed by atoms with van der Waals surface area (Å²) in [6, 6.07) is 0. The lowest BCUT2D eigenvalue weighted by Gasteiger charge is -2.33. The molecule has 1 fully saturated rings. The lowest BCUT2D eigenvalue weighted by molar-refractivity contribution is 0.159. The predicted octanol–water partition coefficient (Wildman–Crippen LogP) is 3.33. The van der Waals surface area contributed by atoms with Gasteiger partial charge < -0.3 is 5.11 Å². The first-order chi connectivity index (χ1) is 7.15. The van der Waals surface area contributed by atoms with Gasteiger partial charge in [-0.25, -0.2) is 0 Å². The van der Waals surface area contributed by atoms with Crippen molar-refractivity contribution < 1.29 is 5.11 Å². The molecule has 0 spiro atoms. The third kappa shape index (κ3) is 4.41. The SMILES string of the molecule is C=C(C)CCC(O)C1SCCSC1CC. The van der Waals surface area contributed by atoms with Gasteiger partial charge in [0.05, 0.1) is 6.10 Å². The Bertz CT molecular complexity index is 206. The lowest BCUT2D eigenvalue weighted by Crippen LogP contribution is -2.36. The summed E-state index contributed by atoms with van der Waals surface area (Å²) in [6.45, 7) is 8.15. The van der Waals surface area contributed by atoms with Crippen LogP contribution in [0.25, 0.3) is 0 Å². The van der Waals surface area contributed by atoms with E-state index < -0.39 is 0 Å². The molecule has 0 aromatic carbocycles. The van der Waals surface area contributed by atoms with Crippen molar-refractivity contribution in [3.05, 3.63) is 12.2 Å². The van der Waals surface area contributed by atoms with E-state index in [4.69, 9.17) is 0 Å². The van der Waals surface area contributed by atoms with Crippen molar-refractivity contribution in [1.29, 1.82) is 0 Å². The van der Waals surface area contributed by atoms with Gasteiger partial charge in [0.25, 0.3) is 0 Å². The predicted molar refractivity (Wildman–Crippen MR) is 72.8 cm³/mol. The van der Waals surface area contributed by atoms with Gasteiger partial charge in [0.2, 0.25) is 0 Å². The molecule has 0 saturated carbocycles. The molecule has 3 unspecified atom stereocenters. The Kier molecular flexibility index (Phi) is 6.17. The summed E-state index contributed by atoms with van der Waals surface area (Å²) in [5.41, 5.74) is 1.18. The second-order valence-electron chi connectivity index (χ2n) is 4.22. The molecule has 3 heteroatoms. The average Bonchev–Trinajstić information content (AvgIpc) is 2.25. The van der Waals surface area contributed by atoms with Gasteiger partial charge in [-0.15, -0.1) is 6.58 Å². The van der Waals surface area contributed by atoms with E-state index in [1.165, 1.54) is 23.5 Å². The number of hydrogen-bond donors (Lipinski definition) is 1. The van der Waals surface area contributed by atoms with E-state index in [1.54, 1.807) is 0 Å². The Balaban J connectivity index is 2.40. The van der Waals surface area contributed by atoms with Crippen molar-refractivity contribution in [2.75, 3.05) is 11.5 Å². The zero-order valence-corrected chi connectivity index (χ0v) is 11.4. The topological polar surface area (TPSA) is 20.2 Å². The minimum absolute atomic E-state index is 0.149. The van der Waals surface area contributed by atoms with E-state index >= 15 is 0 Å². The fourth-order valence-corrected chi connectivity index (χ4v) is 5.04. The number of aliphatic hydroxyl groups is 1. The van der Waals surface area contributed by atoms with Crippen LogP contribution in [0, 0.1) is 0 Å². The minimum atomic E-state index is -0.149. The molecule has 0 radical (unpaired) electrons. The van der Waals surface area contributed by atoms with Crippen LogP contribution >= 0.6 is 23.5 Å². The molecule has 88 valence electrons. The zero-order valence-electron chi connectivity index (χ0n) is 9.74. The van der Waals surface area contributed by atoms with Crippen molar-refractivity contribution in [3.63, 3.8) is 0 Å². The quantitative estimate of drug-likeness (QED) is 0.751. The molecule has 1 nitrogen and oxygen atoms in total. The Hall–Kier alpha value is 0.400. The van der Waals surface area contributed by atoms with Gasteiger partial charge >= 0.3 is 0 Å². The number of rotatable bonds is 5. The van der Waals surface area contributed by atoms with E-state index in [-0.39, 0.29) is 6.10 Å². The first-order valence-corrected chi connectivity index (χ1v) is 7.80. The summed E-state index contributed by atoms with van der Waals surface area (Å²) in [7, 11) is 0. The summed E-state index contributed by atoms with van der Waals surface area (Å²) in [5.74, 6) is 2.43. The van der Waals surface area contributed by atoms with Gasteiger partial charge in [-0.05, 0) is 26.2 Å². The Labute approximate surface area is 102 Å². The first kappa shape index (κ1) is 13.5. The number of hydrogen-bond acceptors (Lipinski definition) is 3. The van der Waals surface area contributed by atoms with E-state index in [9.17, 15) is 5.11 Å². The summed E-state index contributed by atoms with van der Waals surface area (Å²) in [6.07, 6.45) is 2.86. The van der Waals surface area contributed by atoms with Gasteiger partial charge in [-0.2, -0.15) is 23.5 Å². The molecule has 1 aliphatic rings. The van der Waals surface area contributed by atoms with E-state index in [1.807, 2.05) is 30.4 Å². The third-order valence-electron chi connectivity index (χ3n) is 2.74. The van der Waals surface area contributed by atoms with Gasteiger partial charge in [0.1, 0.15) is 0 Å². The summed E-state index contributed by atoms with van der Waals surface area (Å²) < 4.78 is 0. The van der Waals surface area contributed by atoms with Crippen LogP contribution in [0.3, 0.4) is 0 Å². The molecule has 0 aromatic heterocycles. The zero-order chi connectivity index (χ0) is 11.3. The van der Waals surface area contributed by atoms with Crippen molar-refractivity contribution in [3.8, 4) is 0 Å². The summed E-state index contributed by atoms with van der Waals surface area (Å²) in [5, 5.41) is 11.2. The van der Waals surface area contributed by atoms with Gasteiger partial charge in [-0.1, -0.05) is 12.5 Å². The maximum atomic E-state index is 10.1. The highest BCUT2D eigenvalue weighted by atomic mass is 32.2. The van der Waals surface area contributed by atoms with Gasteiger partial charge in [0, 0.05) is 22.0 Å². The maximum Gasteiger partial charge on any atom is 0.0672 e. The Morgan fingerprint density at radius 3 is 2.73 bits per heavy atom. The normalized spacial score (nSPS) is 28.7. The van der Waals surface area contributed by atoms with Gasteiger partial charge in [0.15, 0.2) is 0 Å². The second-order valence-corrected chi connectivity index (χ2v) is 6.85. The van der Waals surface area contributed by atoms with Crippen LogP contribution in [0.5, 0.6) is 0 Å². The molecule has 0 aromatic rings. The average molecular weight is 246 g/mol. The molecule has 0 aliphatic carbocycles. The summed E-state index contributed by atoms with van der Waals surface area (Å²) in [4.78, 5) is 0. The van der Waals surface area contributed by atoms with Crippen molar-refractivity contribution in [2.45, 2.75) is 49.7 Å². The highest BCUT2D eigenvalue weighted by molar-refractivity contribution is 8.07. The minimum Gasteiger partial charge on any atom is -0.392 e. The maximum absolute atomic E-state index is 10.1. The van der Waals surface area contributed by atoms with Crippen LogP contribution < -0.4 is 0 Å². The molecule has 0 amide bonds. The van der Waals surface area contributed by atoms with E-state index in [2.05, 4.69) is 13.5 Å². The Morgan fingerprint density at radius 2 is 2.13 bits per heavy atom. The smallest absolute Gasteiger partial charge is 0.0672 e. The van der Waals surface area contributed by atoms with E-state index in [0.29, 0.717) is 10.5 Å².